The van der Waals surface area contributed by atoms with Crippen LogP contribution in [0.1, 0.15) is 16.8 Å². The zero-order valence-electron chi connectivity index (χ0n) is 11.9. The summed E-state index contributed by atoms with van der Waals surface area (Å²) in [6.45, 7) is 0. The number of thioether (sulfide) groups is 1. The topological polar surface area (TPSA) is 28.7 Å². The summed E-state index contributed by atoms with van der Waals surface area (Å²) in [6.07, 6.45) is 0. The fourth-order valence-electron chi connectivity index (χ4n) is 2.58. The monoisotopic (exact) mass is 292 g/mol. The first-order valence-corrected chi connectivity index (χ1v) is 8.05. The second kappa shape index (κ2) is 6.07. The van der Waals surface area contributed by atoms with E-state index in [1.54, 1.807) is 0 Å². The standard InChI is InChI=1S/C18H16N2S/c1-20-17-10-6-5-9-15(17)16(11-19)18(20)13-21-12-14-7-3-2-4-8-14/h2-10H,12-13H2,1H3. The number of rotatable bonds is 4. The van der Waals surface area contributed by atoms with Crippen LogP contribution in [0.15, 0.2) is 54.6 Å². The third-order valence-electron chi connectivity index (χ3n) is 3.69. The van der Waals surface area contributed by atoms with Crippen molar-refractivity contribution in [2.45, 2.75) is 11.5 Å². The van der Waals surface area contributed by atoms with Crippen LogP contribution in [0.5, 0.6) is 0 Å². The van der Waals surface area contributed by atoms with Crippen molar-refractivity contribution in [3.8, 4) is 6.07 Å². The highest BCUT2D eigenvalue weighted by molar-refractivity contribution is 7.97. The van der Waals surface area contributed by atoms with Gasteiger partial charge in [0.2, 0.25) is 0 Å². The summed E-state index contributed by atoms with van der Waals surface area (Å²) in [5.41, 5.74) is 4.37. The van der Waals surface area contributed by atoms with Crippen LogP contribution in [-0.2, 0) is 18.6 Å². The van der Waals surface area contributed by atoms with E-state index >= 15 is 0 Å². The zero-order valence-corrected chi connectivity index (χ0v) is 12.7. The Morgan fingerprint density at radius 3 is 2.48 bits per heavy atom. The summed E-state index contributed by atoms with van der Waals surface area (Å²) in [4.78, 5) is 0. The Labute approximate surface area is 129 Å². The van der Waals surface area contributed by atoms with Crippen LogP contribution < -0.4 is 0 Å². The Balaban J connectivity index is 1.84. The molecular formula is C18H16N2S. The minimum absolute atomic E-state index is 0.814. The lowest BCUT2D eigenvalue weighted by Gasteiger charge is -2.05. The highest BCUT2D eigenvalue weighted by Crippen LogP contribution is 2.28. The van der Waals surface area contributed by atoms with Gasteiger partial charge in [-0.1, -0.05) is 48.5 Å². The van der Waals surface area contributed by atoms with Gasteiger partial charge in [0.1, 0.15) is 6.07 Å². The van der Waals surface area contributed by atoms with Crippen molar-refractivity contribution in [3.05, 3.63) is 71.4 Å². The van der Waals surface area contributed by atoms with Crippen LogP contribution in [0, 0.1) is 11.3 Å². The van der Waals surface area contributed by atoms with E-state index in [1.165, 1.54) is 5.56 Å². The second-order valence-corrected chi connectivity index (χ2v) is 5.97. The summed E-state index contributed by atoms with van der Waals surface area (Å²) in [7, 11) is 2.04. The molecule has 1 heterocycles. The van der Waals surface area contributed by atoms with Crippen molar-refractivity contribution in [2.24, 2.45) is 7.05 Å². The molecule has 0 aliphatic rings. The van der Waals surface area contributed by atoms with Crippen LogP contribution in [0.4, 0.5) is 0 Å². The normalized spacial score (nSPS) is 10.7. The maximum atomic E-state index is 9.47. The smallest absolute Gasteiger partial charge is 0.102 e. The molecule has 0 aliphatic carbocycles. The number of hydrogen-bond acceptors (Lipinski definition) is 2. The molecule has 0 N–H and O–H groups in total. The number of benzene rings is 2. The molecule has 0 spiro atoms. The van der Waals surface area contributed by atoms with Crippen LogP contribution >= 0.6 is 11.8 Å². The Hall–Kier alpha value is -2.18. The Morgan fingerprint density at radius 2 is 1.71 bits per heavy atom. The van der Waals surface area contributed by atoms with Gasteiger partial charge in [-0.3, -0.25) is 0 Å². The van der Waals surface area contributed by atoms with E-state index in [2.05, 4.69) is 41.0 Å². The summed E-state index contributed by atoms with van der Waals surface area (Å²) >= 11 is 1.85. The fraction of sp³-hybridized carbons (Fsp3) is 0.167. The third-order valence-corrected chi connectivity index (χ3v) is 4.71. The van der Waals surface area contributed by atoms with Gasteiger partial charge < -0.3 is 4.57 Å². The van der Waals surface area contributed by atoms with E-state index in [0.29, 0.717) is 0 Å². The van der Waals surface area contributed by atoms with Crippen molar-refractivity contribution in [2.75, 3.05) is 0 Å². The molecule has 0 radical (unpaired) electrons. The number of para-hydroxylation sites is 1. The molecule has 3 rings (SSSR count). The van der Waals surface area contributed by atoms with Gasteiger partial charge in [0.15, 0.2) is 0 Å². The predicted molar refractivity (Wildman–Crippen MR) is 89.1 cm³/mol. The molecule has 0 aliphatic heterocycles. The van der Waals surface area contributed by atoms with Crippen LogP contribution in [0.25, 0.3) is 10.9 Å². The quantitative estimate of drug-likeness (QED) is 0.709. The Kier molecular flexibility index (Phi) is 3.98. The number of hydrogen-bond donors (Lipinski definition) is 0. The molecule has 0 unspecified atom stereocenters. The average molecular weight is 292 g/mol. The van der Waals surface area contributed by atoms with Gasteiger partial charge in [-0.25, -0.2) is 0 Å². The van der Waals surface area contributed by atoms with Gasteiger partial charge in [-0.2, -0.15) is 17.0 Å². The van der Waals surface area contributed by atoms with Gasteiger partial charge in [0.05, 0.1) is 5.56 Å². The lowest BCUT2D eigenvalue weighted by atomic mass is 10.1. The van der Waals surface area contributed by atoms with E-state index in [0.717, 1.165) is 33.7 Å². The summed E-state index contributed by atoms with van der Waals surface area (Å²) in [6, 6.07) is 20.9. The maximum absolute atomic E-state index is 9.47. The molecule has 3 aromatic rings. The summed E-state index contributed by atoms with van der Waals surface area (Å²) in [5, 5.41) is 10.5. The number of aryl methyl sites for hydroxylation is 1. The molecule has 0 saturated carbocycles. The molecule has 2 nitrogen and oxygen atoms in total. The molecule has 0 fully saturated rings. The molecule has 0 bridgehead atoms. The zero-order chi connectivity index (χ0) is 14.7. The van der Waals surface area contributed by atoms with Gasteiger partial charge in [-0.05, 0) is 11.6 Å². The van der Waals surface area contributed by atoms with Crippen molar-refractivity contribution in [3.63, 3.8) is 0 Å². The molecule has 104 valence electrons. The van der Waals surface area contributed by atoms with Crippen molar-refractivity contribution < 1.29 is 0 Å². The minimum atomic E-state index is 0.814. The van der Waals surface area contributed by atoms with E-state index < -0.39 is 0 Å². The molecule has 2 aromatic carbocycles. The highest BCUT2D eigenvalue weighted by atomic mass is 32.2. The van der Waals surface area contributed by atoms with E-state index in [4.69, 9.17) is 0 Å². The number of fused-ring (bicyclic) bond motifs is 1. The first-order chi connectivity index (χ1) is 10.3. The first kappa shape index (κ1) is 13.8. The lowest BCUT2D eigenvalue weighted by molar-refractivity contribution is 0.906. The molecule has 0 amide bonds. The van der Waals surface area contributed by atoms with Crippen LogP contribution in [-0.4, -0.2) is 4.57 Å². The molecule has 0 saturated heterocycles. The molecular weight excluding hydrogens is 276 g/mol. The molecule has 21 heavy (non-hydrogen) atoms. The average Bonchev–Trinajstić information content (AvgIpc) is 2.81. The molecule has 3 heteroatoms. The van der Waals surface area contributed by atoms with Crippen LogP contribution in [0.3, 0.4) is 0 Å². The Bertz CT molecular complexity index is 797. The maximum Gasteiger partial charge on any atom is 0.102 e. The van der Waals surface area contributed by atoms with Gasteiger partial charge in [0.25, 0.3) is 0 Å². The van der Waals surface area contributed by atoms with Crippen LogP contribution in [0.2, 0.25) is 0 Å². The Morgan fingerprint density at radius 1 is 1.00 bits per heavy atom. The van der Waals surface area contributed by atoms with E-state index in [-0.39, 0.29) is 0 Å². The predicted octanol–water partition coefficient (Wildman–Crippen LogP) is 4.48. The summed E-state index contributed by atoms with van der Waals surface area (Å²) in [5.74, 6) is 1.82. The van der Waals surface area contributed by atoms with Gasteiger partial charge >= 0.3 is 0 Å². The number of nitrogens with zero attached hydrogens (tertiary/aromatic N) is 2. The van der Waals surface area contributed by atoms with Crippen molar-refractivity contribution in [1.29, 1.82) is 5.26 Å². The summed E-state index contributed by atoms with van der Waals surface area (Å²) < 4.78 is 2.14. The van der Waals surface area contributed by atoms with Crippen molar-refractivity contribution in [1.82, 2.24) is 4.57 Å². The van der Waals surface area contributed by atoms with Gasteiger partial charge in [-0.15, -0.1) is 0 Å². The van der Waals surface area contributed by atoms with E-state index in [9.17, 15) is 5.26 Å². The molecule has 0 atom stereocenters. The second-order valence-electron chi connectivity index (χ2n) is 4.99. The number of nitriles is 1. The molecule has 1 aromatic heterocycles. The van der Waals surface area contributed by atoms with Gasteiger partial charge in [0, 0.05) is 35.2 Å². The largest absolute Gasteiger partial charge is 0.346 e. The highest BCUT2D eigenvalue weighted by Gasteiger charge is 2.14. The first-order valence-electron chi connectivity index (χ1n) is 6.89. The van der Waals surface area contributed by atoms with Crippen molar-refractivity contribution >= 4 is 22.7 Å². The lowest BCUT2D eigenvalue weighted by Crippen LogP contribution is -1.96. The fourth-order valence-corrected chi connectivity index (χ4v) is 3.64. The minimum Gasteiger partial charge on any atom is -0.346 e. The number of aromatic nitrogens is 1. The van der Waals surface area contributed by atoms with E-state index in [1.807, 2.05) is 43.1 Å². The third kappa shape index (κ3) is 2.68. The SMILES string of the molecule is Cn1c(CSCc2ccccc2)c(C#N)c2ccccc21.